The summed E-state index contributed by atoms with van der Waals surface area (Å²) in [6.45, 7) is -4.20. The highest BCUT2D eigenvalue weighted by molar-refractivity contribution is 6.38. The summed E-state index contributed by atoms with van der Waals surface area (Å²) in [5, 5.41) is 0. The highest BCUT2D eigenvalue weighted by Crippen LogP contribution is 2.24. The van der Waals surface area contributed by atoms with E-state index in [2.05, 4.69) is 4.74 Å². The van der Waals surface area contributed by atoms with Crippen LogP contribution in [-0.2, 0) is 19.1 Å². The maximum atomic E-state index is 12.5. The van der Waals surface area contributed by atoms with E-state index >= 15 is 0 Å². The van der Waals surface area contributed by atoms with E-state index in [9.17, 15) is 9.59 Å². The zero-order valence-electron chi connectivity index (χ0n) is 17.4. The number of rotatable bonds is 5. The van der Waals surface area contributed by atoms with Gasteiger partial charge in [0.1, 0.15) is 0 Å². The molecule has 0 aliphatic heterocycles. The van der Waals surface area contributed by atoms with Crippen LogP contribution in [0.15, 0.2) is 18.2 Å². The average molecular weight is 285 g/mol. The van der Waals surface area contributed by atoms with Crippen LogP contribution in [0.4, 0.5) is 5.69 Å². The van der Waals surface area contributed by atoms with Crippen molar-refractivity contribution in [1.82, 2.24) is 0 Å². The van der Waals surface area contributed by atoms with Gasteiger partial charge in [-0.3, -0.25) is 9.69 Å². The first-order chi connectivity index (χ1) is 11.9. The van der Waals surface area contributed by atoms with Crippen molar-refractivity contribution in [2.45, 2.75) is 20.6 Å². The number of amides is 1. The minimum atomic E-state index is -2.70. The number of hydrogen-bond donors (Lipinski definition) is 0. The molecule has 1 aromatic carbocycles. The van der Waals surface area contributed by atoms with Crippen molar-refractivity contribution in [2.24, 2.45) is 0 Å². The van der Waals surface area contributed by atoms with Gasteiger partial charge in [-0.15, -0.1) is 0 Å². The van der Waals surface area contributed by atoms with Gasteiger partial charge in [-0.05, 0) is 31.8 Å². The van der Waals surface area contributed by atoms with Crippen molar-refractivity contribution < 1.29 is 27.3 Å². The lowest BCUT2D eigenvalue weighted by atomic mass is 10.1. The fourth-order valence-electron chi connectivity index (χ4n) is 1.63. The summed E-state index contributed by atoms with van der Waals surface area (Å²) in [5.41, 5.74) is -1.04. The van der Waals surface area contributed by atoms with Gasteiger partial charge in [0.05, 0.1) is 18.9 Å². The van der Waals surface area contributed by atoms with Crippen molar-refractivity contribution in [1.29, 1.82) is 0 Å². The summed E-state index contributed by atoms with van der Waals surface area (Å²) < 4.78 is 55.7. The molecule has 0 saturated carbocycles. The Hall–Kier alpha value is -1.88. The third-order valence-corrected chi connectivity index (χ3v) is 2.52. The summed E-state index contributed by atoms with van der Waals surface area (Å²) in [6, 6.07) is 3.70. The molecule has 0 bridgehead atoms. The standard InChI is InChI=1S/C15H21NO4/c1-5-20-15(18)14(17)16(9-10-19-4)13-11(2)7-6-8-12(13)3/h6-8H,5,9-10H2,1-4H3/i2D3,3D3. The van der Waals surface area contributed by atoms with Crippen LogP contribution < -0.4 is 4.90 Å². The van der Waals surface area contributed by atoms with Gasteiger partial charge in [0.15, 0.2) is 0 Å². The minimum Gasteiger partial charge on any atom is -0.459 e. The Labute approximate surface area is 127 Å². The van der Waals surface area contributed by atoms with Crippen LogP contribution in [0.2, 0.25) is 0 Å². The highest BCUT2D eigenvalue weighted by atomic mass is 16.5. The molecule has 0 radical (unpaired) electrons. The maximum absolute atomic E-state index is 12.5. The van der Waals surface area contributed by atoms with Crippen LogP contribution in [-0.4, -0.2) is 38.7 Å². The molecule has 0 aromatic heterocycles. The van der Waals surface area contributed by atoms with E-state index in [1.54, 1.807) is 0 Å². The molecule has 5 heteroatoms. The number of carbonyl (C=O) groups excluding carboxylic acids is 2. The fraction of sp³-hybridized carbons (Fsp3) is 0.467. The Balaban J connectivity index is 3.66. The van der Waals surface area contributed by atoms with Crippen molar-refractivity contribution >= 4 is 17.6 Å². The molecular formula is C15H21NO4. The third-order valence-electron chi connectivity index (χ3n) is 2.52. The molecule has 1 aromatic rings. The molecule has 0 saturated heterocycles. The van der Waals surface area contributed by atoms with E-state index in [1.165, 1.54) is 32.2 Å². The van der Waals surface area contributed by atoms with Gasteiger partial charge < -0.3 is 9.47 Å². The molecule has 0 atom stereocenters. The van der Waals surface area contributed by atoms with E-state index in [1.807, 2.05) is 0 Å². The topological polar surface area (TPSA) is 55.8 Å². The quantitative estimate of drug-likeness (QED) is 0.612. The molecule has 0 spiro atoms. The van der Waals surface area contributed by atoms with Crippen molar-refractivity contribution in [2.75, 3.05) is 31.8 Å². The second-order valence-corrected chi connectivity index (χ2v) is 3.87. The Morgan fingerprint density at radius 3 is 2.45 bits per heavy atom. The highest BCUT2D eigenvalue weighted by Gasteiger charge is 2.26. The van der Waals surface area contributed by atoms with Gasteiger partial charge in [0.25, 0.3) is 0 Å². The molecule has 0 heterocycles. The number of nitrogens with zero attached hydrogens (tertiary/aromatic N) is 1. The summed E-state index contributed by atoms with van der Waals surface area (Å²) in [6.07, 6.45) is 0. The lowest BCUT2D eigenvalue weighted by Crippen LogP contribution is -2.40. The SMILES string of the molecule is [2H]C([2H])([2H])c1cccc(C([2H])([2H])[2H])c1N(CCOC)C(=O)C(=O)OCC. The van der Waals surface area contributed by atoms with E-state index in [-0.39, 0.29) is 36.6 Å². The van der Waals surface area contributed by atoms with Gasteiger partial charge >= 0.3 is 11.9 Å². The molecule has 1 amide bonds. The molecule has 5 nitrogen and oxygen atoms in total. The summed E-state index contributed by atoms with van der Waals surface area (Å²) in [5.74, 6) is -2.37. The summed E-state index contributed by atoms with van der Waals surface area (Å²) in [4.78, 5) is 25.2. The number of para-hydroxylation sites is 1. The smallest absolute Gasteiger partial charge is 0.397 e. The molecule has 110 valence electrons. The van der Waals surface area contributed by atoms with E-state index in [0.717, 1.165) is 4.90 Å². The van der Waals surface area contributed by atoms with Gasteiger partial charge in [-0.1, -0.05) is 18.2 Å². The van der Waals surface area contributed by atoms with E-state index < -0.39 is 25.6 Å². The van der Waals surface area contributed by atoms with E-state index in [0.29, 0.717) is 0 Å². The van der Waals surface area contributed by atoms with Crippen LogP contribution in [0.25, 0.3) is 0 Å². The van der Waals surface area contributed by atoms with Crippen molar-refractivity contribution in [3.05, 3.63) is 29.3 Å². The summed E-state index contributed by atoms with van der Waals surface area (Å²) >= 11 is 0. The van der Waals surface area contributed by atoms with Crippen LogP contribution in [0.3, 0.4) is 0 Å². The number of aryl methyl sites for hydroxylation is 2. The largest absolute Gasteiger partial charge is 0.459 e. The monoisotopic (exact) mass is 285 g/mol. The maximum Gasteiger partial charge on any atom is 0.397 e. The Bertz CT molecular complexity index is 624. The lowest BCUT2D eigenvalue weighted by molar-refractivity contribution is -0.153. The second kappa shape index (κ2) is 7.65. The van der Waals surface area contributed by atoms with Gasteiger partial charge in [0.2, 0.25) is 0 Å². The number of esters is 1. The Morgan fingerprint density at radius 2 is 1.95 bits per heavy atom. The third kappa shape index (κ3) is 3.81. The molecule has 20 heavy (non-hydrogen) atoms. The normalized spacial score (nSPS) is 15.9. The van der Waals surface area contributed by atoms with Crippen LogP contribution in [0.1, 0.15) is 26.3 Å². The predicted octanol–water partition coefficient (Wildman–Crippen LogP) is 1.85. The number of anilines is 1. The zero-order valence-corrected chi connectivity index (χ0v) is 11.4. The number of ether oxygens (including phenoxy) is 2. The molecule has 0 fully saturated rings. The number of hydrogen-bond acceptors (Lipinski definition) is 4. The predicted molar refractivity (Wildman–Crippen MR) is 76.8 cm³/mol. The Kier molecular flexibility index (Phi) is 3.49. The van der Waals surface area contributed by atoms with E-state index in [4.69, 9.17) is 13.0 Å². The van der Waals surface area contributed by atoms with Gasteiger partial charge in [0, 0.05) is 21.9 Å². The molecular weight excluding hydrogens is 258 g/mol. The molecule has 0 unspecified atom stereocenters. The lowest BCUT2D eigenvalue weighted by Gasteiger charge is -2.25. The molecule has 0 aliphatic carbocycles. The first kappa shape index (κ1) is 9.13. The first-order valence-corrected chi connectivity index (χ1v) is 6.06. The minimum absolute atomic E-state index is 0.0408. The zero-order chi connectivity index (χ0) is 20.1. The summed E-state index contributed by atoms with van der Waals surface area (Å²) in [7, 11) is 1.35. The molecule has 1 rings (SSSR count). The molecule has 0 N–H and O–H groups in total. The molecule has 0 aliphatic rings. The van der Waals surface area contributed by atoms with Crippen molar-refractivity contribution in [3.63, 3.8) is 0 Å². The average Bonchev–Trinajstić information content (AvgIpc) is 2.53. The first-order valence-electron chi connectivity index (χ1n) is 9.06. The Morgan fingerprint density at radius 1 is 1.30 bits per heavy atom. The fourth-order valence-corrected chi connectivity index (χ4v) is 1.63. The van der Waals surface area contributed by atoms with Crippen LogP contribution in [0.5, 0.6) is 0 Å². The van der Waals surface area contributed by atoms with Gasteiger partial charge in [-0.25, -0.2) is 4.79 Å². The number of benzene rings is 1. The second-order valence-electron chi connectivity index (χ2n) is 3.87. The number of carbonyl (C=O) groups is 2. The number of methoxy groups -OCH3 is 1. The van der Waals surface area contributed by atoms with Crippen LogP contribution >= 0.6 is 0 Å². The van der Waals surface area contributed by atoms with Gasteiger partial charge in [-0.2, -0.15) is 0 Å². The van der Waals surface area contributed by atoms with Crippen LogP contribution in [0, 0.1) is 13.7 Å². The van der Waals surface area contributed by atoms with Crippen molar-refractivity contribution in [3.8, 4) is 0 Å².